The lowest BCUT2D eigenvalue weighted by molar-refractivity contribution is 0.0692. The third-order valence-electron chi connectivity index (χ3n) is 2.23. The van der Waals surface area contributed by atoms with Crippen LogP contribution in [0.25, 0.3) is 0 Å². The van der Waals surface area contributed by atoms with Crippen molar-refractivity contribution in [2.45, 2.75) is 0 Å². The van der Waals surface area contributed by atoms with E-state index in [1.54, 1.807) is 0 Å². The lowest BCUT2D eigenvalue weighted by atomic mass is 10.2. The maximum Gasteiger partial charge on any atom is 0.338 e. The highest BCUT2D eigenvalue weighted by Gasteiger charge is 2.11. The van der Waals surface area contributed by atoms with Gasteiger partial charge in [-0.25, -0.2) is 27.1 Å². The van der Waals surface area contributed by atoms with Crippen LogP contribution in [-0.4, -0.2) is 44.9 Å². The number of hydrogen-bond donors (Lipinski definition) is 4. The van der Waals surface area contributed by atoms with Gasteiger partial charge in [-0.2, -0.15) is 0 Å². The molecule has 21 heavy (non-hydrogen) atoms. The number of nitrogens with one attached hydrogen (secondary N) is 3. The largest absolute Gasteiger partial charge is 0.478 e. The first kappa shape index (κ1) is 16.9. The molecule has 1 aromatic rings. The molecule has 1 rings (SSSR count). The monoisotopic (exact) mass is 319 g/mol. The minimum absolute atomic E-state index is 0.00997. The van der Waals surface area contributed by atoms with E-state index >= 15 is 0 Å². The highest BCUT2D eigenvalue weighted by atomic mass is 32.2. The SMILES string of the molecule is CS(=O)(=O)NCCNC(=O)Nc1ccc(F)c(C(=O)O)c1. The Kier molecular flexibility index (Phi) is 5.61. The minimum atomic E-state index is -3.33. The first-order chi connectivity index (χ1) is 9.69. The van der Waals surface area contributed by atoms with Crippen LogP contribution in [0.4, 0.5) is 14.9 Å². The molecule has 0 bridgehead atoms. The number of anilines is 1. The zero-order valence-electron chi connectivity index (χ0n) is 11.0. The number of carboxylic acid groups (broad SMARTS) is 1. The van der Waals surface area contributed by atoms with E-state index in [0.29, 0.717) is 0 Å². The van der Waals surface area contributed by atoms with Crippen molar-refractivity contribution in [2.24, 2.45) is 0 Å². The average Bonchev–Trinajstić information content (AvgIpc) is 2.35. The van der Waals surface area contributed by atoms with Gasteiger partial charge in [0.15, 0.2) is 0 Å². The lowest BCUT2D eigenvalue weighted by Crippen LogP contribution is -2.36. The molecule has 116 valence electrons. The number of halogens is 1. The van der Waals surface area contributed by atoms with Crippen LogP contribution < -0.4 is 15.4 Å². The van der Waals surface area contributed by atoms with Crippen molar-refractivity contribution in [3.8, 4) is 0 Å². The zero-order valence-corrected chi connectivity index (χ0v) is 11.8. The molecule has 0 aromatic heterocycles. The predicted molar refractivity (Wildman–Crippen MR) is 73.2 cm³/mol. The fourth-order valence-corrected chi connectivity index (χ4v) is 1.83. The molecule has 0 fully saturated rings. The van der Waals surface area contributed by atoms with E-state index in [0.717, 1.165) is 18.4 Å². The summed E-state index contributed by atoms with van der Waals surface area (Å²) in [5, 5.41) is 13.4. The van der Waals surface area contributed by atoms with Crippen LogP contribution in [0, 0.1) is 5.82 Å². The zero-order chi connectivity index (χ0) is 16.0. The van der Waals surface area contributed by atoms with E-state index in [-0.39, 0.29) is 18.8 Å². The highest BCUT2D eigenvalue weighted by molar-refractivity contribution is 7.88. The molecule has 0 unspecified atom stereocenters. The third kappa shape index (κ3) is 6.19. The van der Waals surface area contributed by atoms with Crippen LogP contribution in [0.2, 0.25) is 0 Å². The number of amides is 2. The normalized spacial score (nSPS) is 11.0. The number of hydrogen-bond acceptors (Lipinski definition) is 4. The molecule has 10 heteroatoms. The van der Waals surface area contributed by atoms with Crippen LogP contribution >= 0.6 is 0 Å². The molecule has 0 atom stereocenters. The smallest absolute Gasteiger partial charge is 0.338 e. The first-order valence-electron chi connectivity index (χ1n) is 5.71. The molecule has 0 spiro atoms. The topological polar surface area (TPSA) is 125 Å². The van der Waals surface area contributed by atoms with Crippen molar-refractivity contribution in [2.75, 3.05) is 24.7 Å². The Labute approximate surface area is 120 Å². The summed E-state index contributed by atoms with van der Waals surface area (Å²) < 4.78 is 36.9. The highest BCUT2D eigenvalue weighted by Crippen LogP contribution is 2.14. The summed E-state index contributed by atoms with van der Waals surface area (Å²) in [5.74, 6) is -2.36. The molecular formula is C11H14FN3O5S. The van der Waals surface area contributed by atoms with Gasteiger partial charge < -0.3 is 15.7 Å². The van der Waals surface area contributed by atoms with Gasteiger partial charge >= 0.3 is 12.0 Å². The van der Waals surface area contributed by atoms with Crippen molar-refractivity contribution in [3.63, 3.8) is 0 Å². The Hall–Kier alpha value is -2.20. The summed E-state index contributed by atoms with van der Waals surface area (Å²) in [6, 6.07) is 2.43. The van der Waals surface area contributed by atoms with Gasteiger partial charge in [0.25, 0.3) is 0 Å². The number of rotatable bonds is 6. The van der Waals surface area contributed by atoms with E-state index in [1.807, 2.05) is 0 Å². The fourth-order valence-electron chi connectivity index (χ4n) is 1.35. The first-order valence-corrected chi connectivity index (χ1v) is 7.60. The number of carboxylic acids is 1. The Morgan fingerprint density at radius 1 is 1.29 bits per heavy atom. The van der Waals surface area contributed by atoms with Gasteiger partial charge in [0.05, 0.1) is 11.8 Å². The van der Waals surface area contributed by atoms with Gasteiger partial charge in [0, 0.05) is 18.8 Å². The molecule has 2 amide bonds. The summed E-state index contributed by atoms with van der Waals surface area (Å²) in [6.45, 7) is 0.0436. The maximum atomic E-state index is 13.1. The number of urea groups is 1. The number of carbonyl (C=O) groups is 2. The van der Waals surface area contributed by atoms with Gasteiger partial charge in [-0.3, -0.25) is 0 Å². The third-order valence-corrected chi connectivity index (χ3v) is 2.96. The van der Waals surface area contributed by atoms with Crippen LogP contribution in [0.1, 0.15) is 10.4 Å². The molecule has 1 aromatic carbocycles. The standard InChI is InChI=1S/C11H14FN3O5S/c1-21(19,20)14-5-4-13-11(18)15-7-2-3-9(12)8(6-7)10(16)17/h2-3,6,14H,4-5H2,1H3,(H,16,17)(H2,13,15,18). The summed E-state index contributed by atoms with van der Waals surface area (Å²) in [4.78, 5) is 22.2. The Morgan fingerprint density at radius 3 is 2.52 bits per heavy atom. The molecule has 0 aliphatic carbocycles. The predicted octanol–water partition coefficient (Wildman–Crippen LogP) is 0.195. The van der Waals surface area contributed by atoms with Gasteiger partial charge in [0.1, 0.15) is 5.82 Å². The molecule has 0 radical (unpaired) electrons. The number of aromatic carboxylic acids is 1. The van der Waals surface area contributed by atoms with E-state index in [2.05, 4.69) is 15.4 Å². The molecule has 0 aliphatic rings. The summed E-state index contributed by atoms with van der Waals surface area (Å²) in [5.41, 5.74) is -0.464. The van der Waals surface area contributed by atoms with Gasteiger partial charge in [-0.15, -0.1) is 0 Å². The number of benzene rings is 1. The van der Waals surface area contributed by atoms with Crippen LogP contribution in [0.15, 0.2) is 18.2 Å². The summed E-state index contributed by atoms with van der Waals surface area (Å²) >= 11 is 0. The van der Waals surface area contributed by atoms with Crippen LogP contribution in [0.3, 0.4) is 0 Å². The van der Waals surface area contributed by atoms with E-state index in [9.17, 15) is 22.4 Å². The average molecular weight is 319 g/mol. The quantitative estimate of drug-likeness (QED) is 0.557. The van der Waals surface area contributed by atoms with Gasteiger partial charge in [0.2, 0.25) is 10.0 Å². The number of carbonyl (C=O) groups excluding carboxylic acids is 1. The minimum Gasteiger partial charge on any atom is -0.478 e. The molecule has 4 N–H and O–H groups in total. The van der Waals surface area contributed by atoms with E-state index in [1.165, 1.54) is 6.07 Å². The van der Waals surface area contributed by atoms with Crippen molar-refractivity contribution in [1.29, 1.82) is 0 Å². The van der Waals surface area contributed by atoms with Crippen molar-refractivity contribution >= 4 is 27.7 Å². The van der Waals surface area contributed by atoms with Crippen molar-refractivity contribution < 1.29 is 27.5 Å². The van der Waals surface area contributed by atoms with E-state index < -0.39 is 33.4 Å². The molecule has 0 saturated carbocycles. The van der Waals surface area contributed by atoms with Crippen molar-refractivity contribution in [3.05, 3.63) is 29.6 Å². The van der Waals surface area contributed by atoms with E-state index in [4.69, 9.17) is 5.11 Å². The fraction of sp³-hybridized carbons (Fsp3) is 0.273. The molecule has 0 heterocycles. The van der Waals surface area contributed by atoms with Gasteiger partial charge in [-0.05, 0) is 18.2 Å². The Morgan fingerprint density at radius 2 is 1.95 bits per heavy atom. The van der Waals surface area contributed by atoms with Crippen molar-refractivity contribution in [1.82, 2.24) is 10.0 Å². The Balaban J connectivity index is 2.52. The molecule has 0 aliphatic heterocycles. The molecule has 8 nitrogen and oxygen atoms in total. The second kappa shape index (κ2) is 6.99. The number of sulfonamides is 1. The van der Waals surface area contributed by atoms with Gasteiger partial charge in [-0.1, -0.05) is 0 Å². The maximum absolute atomic E-state index is 13.1. The second-order valence-electron chi connectivity index (χ2n) is 4.05. The molecule has 0 saturated heterocycles. The summed E-state index contributed by atoms with van der Waals surface area (Å²) in [7, 11) is -3.33. The second-order valence-corrected chi connectivity index (χ2v) is 5.88. The van der Waals surface area contributed by atoms with Crippen LogP contribution in [-0.2, 0) is 10.0 Å². The summed E-state index contributed by atoms with van der Waals surface area (Å²) in [6.07, 6.45) is 0.985. The molecular weight excluding hydrogens is 305 g/mol. The van der Waals surface area contributed by atoms with Crippen LogP contribution in [0.5, 0.6) is 0 Å². The lowest BCUT2D eigenvalue weighted by Gasteiger charge is -2.08. The Bertz CT molecular complexity index is 647.